The average molecular weight is 417 g/mol. The van der Waals surface area contributed by atoms with Gasteiger partial charge in [-0.2, -0.15) is 10.2 Å². The van der Waals surface area contributed by atoms with Crippen molar-refractivity contribution in [1.29, 1.82) is 0 Å². The van der Waals surface area contributed by atoms with Crippen LogP contribution in [0.5, 0.6) is 0 Å². The molecule has 0 aliphatic rings. The molecule has 0 bridgehead atoms. The van der Waals surface area contributed by atoms with Gasteiger partial charge in [0.1, 0.15) is 11.6 Å². The van der Waals surface area contributed by atoms with E-state index in [0.717, 1.165) is 33.9 Å². The van der Waals surface area contributed by atoms with Gasteiger partial charge in [-0.05, 0) is 48.9 Å². The number of fused-ring (bicyclic) bond motifs is 1. The van der Waals surface area contributed by atoms with Crippen LogP contribution in [0.4, 0.5) is 5.82 Å². The van der Waals surface area contributed by atoms with E-state index in [-0.39, 0.29) is 0 Å². The first kappa shape index (κ1) is 18.3. The monoisotopic (exact) mass is 416 g/mol. The van der Waals surface area contributed by atoms with E-state index < -0.39 is 0 Å². The van der Waals surface area contributed by atoms with Gasteiger partial charge in [-0.25, -0.2) is 24.3 Å². The smallest absolute Gasteiger partial charge is 0.168 e. The average Bonchev–Trinajstić information content (AvgIpc) is 3.42. The van der Waals surface area contributed by atoms with Crippen molar-refractivity contribution >= 4 is 28.5 Å². The van der Waals surface area contributed by atoms with Crippen molar-refractivity contribution in [2.45, 2.75) is 13.5 Å². The highest BCUT2D eigenvalue weighted by Gasteiger charge is 2.13. The Bertz CT molecular complexity index is 1330. The van der Waals surface area contributed by atoms with Crippen LogP contribution in [-0.2, 0) is 6.54 Å². The van der Waals surface area contributed by atoms with Crippen molar-refractivity contribution in [2.75, 3.05) is 5.32 Å². The molecule has 148 valence electrons. The highest BCUT2D eigenvalue weighted by molar-refractivity contribution is 6.30. The van der Waals surface area contributed by atoms with E-state index in [9.17, 15) is 0 Å². The molecule has 1 N–H and O–H groups in total. The number of anilines is 1. The first-order chi connectivity index (χ1) is 14.7. The first-order valence-electron chi connectivity index (χ1n) is 9.34. The molecule has 0 fully saturated rings. The molecule has 0 amide bonds. The Kier molecular flexibility index (Phi) is 4.61. The number of nitrogens with zero attached hydrogens (tertiary/aromatic N) is 7. The summed E-state index contributed by atoms with van der Waals surface area (Å²) >= 11 is 6.15. The number of hydrogen-bond donors (Lipinski definition) is 1. The van der Waals surface area contributed by atoms with Crippen molar-refractivity contribution in [3.8, 4) is 11.5 Å². The van der Waals surface area contributed by atoms with E-state index >= 15 is 0 Å². The van der Waals surface area contributed by atoms with Crippen LogP contribution < -0.4 is 5.32 Å². The van der Waals surface area contributed by atoms with Crippen LogP contribution in [0, 0.1) is 6.92 Å². The topological polar surface area (TPSA) is 86.3 Å². The Morgan fingerprint density at radius 3 is 2.80 bits per heavy atom. The van der Waals surface area contributed by atoms with Gasteiger partial charge in [0.15, 0.2) is 11.5 Å². The van der Waals surface area contributed by atoms with Crippen molar-refractivity contribution in [3.63, 3.8) is 0 Å². The Morgan fingerprint density at radius 2 is 1.97 bits per heavy atom. The lowest BCUT2D eigenvalue weighted by molar-refractivity contribution is 0.843. The first-order valence-corrected chi connectivity index (χ1v) is 9.72. The number of nitrogens with one attached hydrogen (secondary N) is 1. The van der Waals surface area contributed by atoms with Crippen molar-refractivity contribution in [3.05, 3.63) is 83.7 Å². The third kappa shape index (κ3) is 3.48. The molecule has 0 saturated carbocycles. The third-order valence-corrected chi connectivity index (χ3v) is 4.84. The lowest BCUT2D eigenvalue weighted by Gasteiger charge is -2.09. The van der Waals surface area contributed by atoms with Crippen LogP contribution in [0.15, 0.2) is 67.3 Å². The molecule has 9 heteroatoms. The van der Waals surface area contributed by atoms with Crippen LogP contribution >= 0.6 is 11.6 Å². The predicted octanol–water partition coefficient (Wildman–Crippen LogP) is 3.97. The predicted molar refractivity (Wildman–Crippen MR) is 115 cm³/mol. The maximum Gasteiger partial charge on any atom is 0.168 e. The lowest BCUT2D eigenvalue weighted by atomic mass is 10.2. The van der Waals surface area contributed by atoms with Gasteiger partial charge < -0.3 is 5.32 Å². The largest absolute Gasteiger partial charge is 0.365 e. The SMILES string of the molecule is Cc1nc(NCc2ccnc(-n3cccn3)c2)c2cnn(-c3cccc(Cl)c3)c2n1. The highest BCUT2D eigenvalue weighted by atomic mass is 35.5. The number of hydrogen-bond acceptors (Lipinski definition) is 6. The minimum absolute atomic E-state index is 0.574. The summed E-state index contributed by atoms with van der Waals surface area (Å²) in [5.41, 5.74) is 2.63. The number of aryl methyl sites for hydroxylation is 1. The summed E-state index contributed by atoms with van der Waals surface area (Å²) in [5, 5.41) is 13.6. The maximum absolute atomic E-state index is 6.15. The van der Waals surface area contributed by atoms with Crippen LogP contribution in [0.2, 0.25) is 5.02 Å². The molecule has 5 rings (SSSR count). The second-order valence-electron chi connectivity index (χ2n) is 6.72. The van der Waals surface area contributed by atoms with Gasteiger partial charge in [-0.3, -0.25) is 0 Å². The minimum Gasteiger partial charge on any atom is -0.365 e. The molecule has 0 saturated heterocycles. The van der Waals surface area contributed by atoms with E-state index in [1.807, 2.05) is 55.6 Å². The summed E-state index contributed by atoms with van der Waals surface area (Å²) in [5.74, 6) is 2.14. The molecular formula is C21H17ClN8. The molecule has 0 radical (unpaired) electrons. The second kappa shape index (κ2) is 7.57. The molecule has 0 aliphatic carbocycles. The molecule has 4 aromatic heterocycles. The number of halogens is 1. The molecule has 0 unspecified atom stereocenters. The summed E-state index contributed by atoms with van der Waals surface area (Å²) in [6, 6.07) is 13.3. The Labute approximate surface area is 177 Å². The standard InChI is InChI=1S/C21H17ClN8/c1-14-27-20(24-12-15-6-8-23-19(10-15)29-9-3-7-25-29)18-13-26-30(21(18)28-14)17-5-2-4-16(22)11-17/h2-11,13H,12H2,1H3,(H,24,27,28). The maximum atomic E-state index is 6.15. The van der Waals surface area contributed by atoms with Gasteiger partial charge in [0.05, 0.1) is 17.3 Å². The van der Waals surface area contributed by atoms with Gasteiger partial charge in [-0.15, -0.1) is 0 Å². The second-order valence-corrected chi connectivity index (χ2v) is 7.16. The van der Waals surface area contributed by atoms with Crippen molar-refractivity contribution < 1.29 is 0 Å². The molecule has 0 aliphatic heterocycles. The van der Waals surface area contributed by atoms with Crippen LogP contribution in [0.3, 0.4) is 0 Å². The van der Waals surface area contributed by atoms with Gasteiger partial charge in [0, 0.05) is 30.2 Å². The van der Waals surface area contributed by atoms with Gasteiger partial charge in [0.2, 0.25) is 0 Å². The number of benzene rings is 1. The normalized spacial score (nSPS) is 11.1. The third-order valence-electron chi connectivity index (χ3n) is 4.60. The summed E-state index contributed by atoms with van der Waals surface area (Å²) in [6.07, 6.45) is 7.12. The minimum atomic E-state index is 0.574. The number of pyridine rings is 1. The molecule has 0 spiro atoms. The molecule has 1 aromatic carbocycles. The summed E-state index contributed by atoms with van der Waals surface area (Å²) in [6.45, 7) is 2.44. The zero-order chi connectivity index (χ0) is 20.5. The zero-order valence-corrected chi connectivity index (χ0v) is 16.8. The number of rotatable bonds is 5. The van der Waals surface area contributed by atoms with Crippen LogP contribution in [-0.4, -0.2) is 34.5 Å². The lowest BCUT2D eigenvalue weighted by Crippen LogP contribution is -2.06. The fourth-order valence-corrected chi connectivity index (χ4v) is 3.42. The fraction of sp³-hybridized carbons (Fsp3) is 0.0952. The summed E-state index contributed by atoms with van der Waals surface area (Å²) in [4.78, 5) is 13.5. The van der Waals surface area contributed by atoms with Crippen LogP contribution in [0.25, 0.3) is 22.5 Å². The van der Waals surface area contributed by atoms with Crippen LogP contribution in [0.1, 0.15) is 11.4 Å². The van der Waals surface area contributed by atoms with Gasteiger partial charge in [-0.1, -0.05) is 17.7 Å². The Balaban J connectivity index is 1.46. The van der Waals surface area contributed by atoms with Crippen molar-refractivity contribution in [2.24, 2.45) is 0 Å². The Hall–Kier alpha value is -3.78. The molecule has 0 atom stereocenters. The highest BCUT2D eigenvalue weighted by Crippen LogP contribution is 2.24. The summed E-state index contributed by atoms with van der Waals surface area (Å²) < 4.78 is 3.49. The molecule has 30 heavy (non-hydrogen) atoms. The van der Waals surface area contributed by atoms with E-state index in [0.29, 0.717) is 17.4 Å². The molecule has 5 aromatic rings. The van der Waals surface area contributed by atoms with E-state index in [1.165, 1.54) is 0 Å². The number of aromatic nitrogens is 7. The fourth-order valence-electron chi connectivity index (χ4n) is 3.23. The zero-order valence-electron chi connectivity index (χ0n) is 16.1. The molecule has 4 heterocycles. The molecule has 8 nitrogen and oxygen atoms in total. The van der Waals surface area contributed by atoms with E-state index in [1.54, 1.807) is 28.0 Å². The van der Waals surface area contributed by atoms with Gasteiger partial charge >= 0.3 is 0 Å². The van der Waals surface area contributed by atoms with E-state index in [2.05, 4.69) is 30.5 Å². The molecular weight excluding hydrogens is 400 g/mol. The summed E-state index contributed by atoms with van der Waals surface area (Å²) in [7, 11) is 0. The van der Waals surface area contributed by atoms with Crippen molar-refractivity contribution in [1.82, 2.24) is 34.5 Å². The quantitative estimate of drug-likeness (QED) is 0.466. The van der Waals surface area contributed by atoms with E-state index in [4.69, 9.17) is 11.6 Å². The Morgan fingerprint density at radius 1 is 1.03 bits per heavy atom. The van der Waals surface area contributed by atoms with Gasteiger partial charge in [0.25, 0.3) is 0 Å².